The highest BCUT2D eigenvalue weighted by Gasteiger charge is 2.19. The summed E-state index contributed by atoms with van der Waals surface area (Å²) in [4.78, 5) is 2.39. The monoisotopic (exact) mass is 689 g/mol. The van der Waals surface area contributed by atoms with E-state index in [0.717, 1.165) is 44.9 Å². The molecule has 2 nitrogen and oxygen atoms in total. The number of hydrogen-bond donors (Lipinski definition) is 0. The summed E-state index contributed by atoms with van der Waals surface area (Å²) in [6.07, 6.45) is 0. The molecule has 0 aliphatic heterocycles. The lowest BCUT2D eigenvalue weighted by atomic mass is 9.93. The van der Waals surface area contributed by atoms with Crippen LogP contribution in [0.1, 0.15) is 0 Å². The maximum atomic E-state index is 6.36. The van der Waals surface area contributed by atoms with Crippen molar-refractivity contribution in [1.29, 1.82) is 0 Å². The van der Waals surface area contributed by atoms with Crippen LogP contribution in [0.2, 0.25) is 0 Å². The van der Waals surface area contributed by atoms with Crippen LogP contribution in [0, 0.1) is 0 Å². The first kappa shape index (κ1) is 31.6. The number of furan rings is 1. The molecule has 254 valence electrons. The molecule has 0 radical (unpaired) electrons. The molecule has 0 amide bonds. The van der Waals surface area contributed by atoms with Crippen LogP contribution in [0.25, 0.3) is 77.2 Å². The third-order valence-corrected chi connectivity index (χ3v) is 10.4. The first-order valence-corrected chi connectivity index (χ1v) is 18.4. The standard InChI is InChI=1S/C52H35NO/c1-3-14-36(15-4-1)42-30-43(37-16-5-2-6-17-37)32-44(31-42)38-26-28-45(29-27-38)53(50-34-39-18-7-9-22-47(39)48-23-10-11-24-49(48)50)46-21-13-20-40(33-46)52-35-41-19-8-12-25-51(41)54-52/h1-35H. The molecule has 0 N–H and O–H groups in total. The van der Waals surface area contributed by atoms with Gasteiger partial charge in [-0.25, -0.2) is 0 Å². The van der Waals surface area contributed by atoms with Gasteiger partial charge in [0.2, 0.25) is 0 Å². The van der Waals surface area contributed by atoms with Crippen molar-refractivity contribution in [2.45, 2.75) is 0 Å². The topological polar surface area (TPSA) is 16.4 Å². The minimum absolute atomic E-state index is 0.851. The van der Waals surface area contributed by atoms with E-state index in [2.05, 4.69) is 205 Å². The fourth-order valence-electron chi connectivity index (χ4n) is 7.76. The van der Waals surface area contributed by atoms with E-state index in [-0.39, 0.29) is 0 Å². The number of anilines is 3. The lowest BCUT2D eigenvalue weighted by Gasteiger charge is -2.28. The second-order valence-electron chi connectivity index (χ2n) is 13.8. The molecule has 0 bridgehead atoms. The van der Waals surface area contributed by atoms with Crippen molar-refractivity contribution in [3.05, 3.63) is 212 Å². The Hall–Kier alpha value is -7.16. The van der Waals surface area contributed by atoms with Crippen LogP contribution in [0.4, 0.5) is 17.1 Å². The van der Waals surface area contributed by atoms with Crippen molar-refractivity contribution in [1.82, 2.24) is 0 Å². The zero-order valence-corrected chi connectivity index (χ0v) is 29.6. The maximum absolute atomic E-state index is 6.36. The Bertz CT molecular complexity index is 2830. The molecule has 0 aliphatic rings. The number of nitrogens with zero attached hydrogens (tertiary/aromatic N) is 1. The third-order valence-electron chi connectivity index (χ3n) is 10.4. The van der Waals surface area contributed by atoms with Crippen LogP contribution in [-0.2, 0) is 0 Å². The predicted molar refractivity (Wildman–Crippen MR) is 228 cm³/mol. The van der Waals surface area contributed by atoms with Gasteiger partial charge in [0.1, 0.15) is 11.3 Å². The molecule has 0 fully saturated rings. The summed E-state index contributed by atoms with van der Waals surface area (Å²) in [5.74, 6) is 0.851. The molecule has 9 aromatic carbocycles. The summed E-state index contributed by atoms with van der Waals surface area (Å²) in [5.41, 5.74) is 12.3. The van der Waals surface area contributed by atoms with E-state index in [1.807, 2.05) is 12.1 Å². The van der Waals surface area contributed by atoms with Crippen molar-refractivity contribution in [2.24, 2.45) is 0 Å². The molecule has 0 unspecified atom stereocenters. The first-order valence-electron chi connectivity index (χ1n) is 18.4. The van der Waals surface area contributed by atoms with E-state index in [4.69, 9.17) is 4.42 Å². The zero-order chi connectivity index (χ0) is 35.8. The Morgan fingerprint density at radius 1 is 0.296 bits per heavy atom. The Morgan fingerprint density at radius 3 is 1.50 bits per heavy atom. The van der Waals surface area contributed by atoms with E-state index in [0.29, 0.717) is 0 Å². The summed E-state index contributed by atoms with van der Waals surface area (Å²) < 4.78 is 6.36. The van der Waals surface area contributed by atoms with Crippen molar-refractivity contribution in [2.75, 3.05) is 4.90 Å². The third kappa shape index (κ3) is 5.81. The SMILES string of the molecule is c1ccc(-c2cc(-c3ccccc3)cc(-c3ccc(N(c4cccc(-c5cc6ccccc6o5)c4)c4cc5ccccc5c5ccccc45)cc3)c2)cc1. The molecule has 0 aliphatic carbocycles. The van der Waals surface area contributed by atoms with E-state index >= 15 is 0 Å². The van der Waals surface area contributed by atoms with Gasteiger partial charge in [0.15, 0.2) is 0 Å². The van der Waals surface area contributed by atoms with Gasteiger partial charge in [0.25, 0.3) is 0 Å². The van der Waals surface area contributed by atoms with E-state index in [9.17, 15) is 0 Å². The number of para-hydroxylation sites is 1. The Morgan fingerprint density at radius 2 is 0.833 bits per heavy atom. The Balaban J connectivity index is 1.14. The predicted octanol–water partition coefficient (Wildman–Crippen LogP) is 14.9. The second kappa shape index (κ2) is 13.4. The van der Waals surface area contributed by atoms with Crippen LogP contribution in [-0.4, -0.2) is 0 Å². The van der Waals surface area contributed by atoms with Gasteiger partial charge < -0.3 is 9.32 Å². The molecular weight excluding hydrogens is 655 g/mol. The summed E-state index contributed by atoms with van der Waals surface area (Å²) in [6.45, 7) is 0. The van der Waals surface area contributed by atoms with Gasteiger partial charge in [-0.1, -0.05) is 152 Å². The smallest absolute Gasteiger partial charge is 0.135 e. The summed E-state index contributed by atoms with van der Waals surface area (Å²) in [7, 11) is 0. The molecule has 54 heavy (non-hydrogen) atoms. The first-order chi connectivity index (χ1) is 26.7. The van der Waals surface area contributed by atoms with Crippen LogP contribution in [0.5, 0.6) is 0 Å². The number of rotatable bonds is 7. The normalized spacial score (nSPS) is 11.3. The van der Waals surface area contributed by atoms with Gasteiger partial charge in [0.05, 0.1) is 5.69 Å². The van der Waals surface area contributed by atoms with Gasteiger partial charge in [-0.15, -0.1) is 0 Å². The fraction of sp³-hybridized carbons (Fsp3) is 0. The largest absolute Gasteiger partial charge is 0.456 e. The molecule has 0 atom stereocenters. The molecule has 2 heteroatoms. The molecule has 0 saturated carbocycles. The Labute approximate surface area is 314 Å². The average Bonchev–Trinajstić information content (AvgIpc) is 3.70. The van der Waals surface area contributed by atoms with E-state index in [1.54, 1.807) is 0 Å². The second-order valence-corrected chi connectivity index (χ2v) is 13.8. The molecule has 1 heterocycles. The molecule has 10 aromatic rings. The number of benzene rings is 9. The van der Waals surface area contributed by atoms with Gasteiger partial charge in [0, 0.05) is 27.7 Å². The van der Waals surface area contributed by atoms with Crippen LogP contribution in [0.3, 0.4) is 0 Å². The van der Waals surface area contributed by atoms with Gasteiger partial charge in [-0.3, -0.25) is 0 Å². The minimum Gasteiger partial charge on any atom is -0.456 e. The van der Waals surface area contributed by atoms with Crippen molar-refractivity contribution in [3.63, 3.8) is 0 Å². The van der Waals surface area contributed by atoms with E-state index < -0.39 is 0 Å². The van der Waals surface area contributed by atoms with Gasteiger partial charge in [-0.05, 0) is 110 Å². The highest BCUT2D eigenvalue weighted by atomic mass is 16.3. The summed E-state index contributed by atoms with van der Waals surface area (Å²) in [6, 6.07) is 76.0. The summed E-state index contributed by atoms with van der Waals surface area (Å²) >= 11 is 0. The number of hydrogen-bond acceptors (Lipinski definition) is 2. The quantitative estimate of drug-likeness (QED) is 0.155. The maximum Gasteiger partial charge on any atom is 0.135 e. The van der Waals surface area contributed by atoms with Crippen LogP contribution in [0.15, 0.2) is 217 Å². The molecule has 0 saturated heterocycles. The molecular formula is C52H35NO. The average molecular weight is 690 g/mol. The molecule has 10 rings (SSSR count). The summed E-state index contributed by atoms with van der Waals surface area (Å²) in [5, 5.41) is 5.96. The lowest BCUT2D eigenvalue weighted by Crippen LogP contribution is -2.10. The molecule has 0 spiro atoms. The zero-order valence-electron chi connectivity index (χ0n) is 29.6. The minimum atomic E-state index is 0.851. The van der Waals surface area contributed by atoms with Crippen molar-refractivity contribution >= 4 is 49.6 Å². The molecule has 1 aromatic heterocycles. The van der Waals surface area contributed by atoms with Crippen molar-refractivity contribution in [3.8, 4) is 44.7 Å². The number of fused-ring (bicyclic) bond motifs is 4. The van der Waals surface area contributed by atoms with Gasteiger partial charge >= 0.3 is 0 Å². The van der Waals surface area contributed by atoms with E-state index in [1.165, 1.54) is 49.4 Å². The Kier molecular flexibility index (Phi) is 7.85. The highest BCUT2D eigenvalue weighted by Crippen LogP contribution is 2.44. The van der Waals surface area contributed by atoms with Gasteiger partial charge in [-0.2, -0.15) is 0 Å². The van der Waals surface area contributed by atoms with Crippen LogP contribution < -0.4 is 4.90 Å². The van der Waals surface area contributed by atoms with Crippen molar-refractivity contribution < 1.29 is 4.42 Å². The van der Waals surface area contributed by atoms with Crippen LogP contribution >= 0.6 is 0 Å². The highest BCUT2D eigenvalue weighted by molar-refractivity contribution is 6.14. The lowest BCUT2D eigenvalue weighted by molar-refractivity contribution is 0.631. The fourth-order valence-corrected chi connectivity index (χ4v) is 7.76.